The first-order chi connectivity index (χ1) is 11.8. The number of nitrogens with zero attached hydrogens (tertiary/aromatic N) is 2. The fourth-order valence-corrected chi connectivity index (χ4v) is 2.98. The van der Waals surface area contributed by atoms with Crippen LogP contribution < -0.4 is 5.32 Å². The van der Waals surface area contributed by atoms with E-state index in [4.69, 9.17) is 4.42 Å². The lowest BCUT2D eigenvalue weighted by molar-refractivity contribution is 0.0952. The van der Waals surface area contributed by atoms with Crippen LogP contribution in [0.1, 0.15) is 48.2 Å². The number of aryl methyl sites for hydroxylation is 2. The zero-order valence-electron chi connectivity index (χ0n) is 15.5. The summed E-state index contributed by atoms with van der Waals surface area (Å²) in [6, 6.07) is 5.86. The minimum absolute atomic E-state index is 0.0879. The molecule has 0 aliphatic carbocycles. The molecule has 3 aromatic rings. The van der Waals surface area contributed by atoms with E-state index in [1.165, 1.54) is 5.56 Å². The fraction of sp³-hybridized carbons (Fsp3) is 0.400. The van der Waals surface area contributed by atoms with Crippen molar-refractivity contribution in [1.29, 1.82) is 0 Å². The number of pyridine rings is 1. The van der Waals surface area contributed by atoms with Crippen molar-refractivity contribution in [2.75, 3.05) is 6.54 Å². The molecule has 3 rings (SSSR count). The average Bonchev–Trinajstić information content (AvgIpc) is 3.09. The lowest BCUT2D eigenvalue weighted by Gasteiger charge is -2.13. The Morgan fingerprint density at radius 2 is 2.12 bits per heavy atom. The normalized spacial score (nSPS) is 11.9. The molecule has 25 heavy (non-hydrogen) atoms. The van der Waals surface area contributed by atoms with E-state index in [9.17, 15) is 4.79 Å². The summed E-state index contributed by atoms with van der Waals surface area (Å²) in [5.74, 6) is 1.40. The highest BCUT2D eigenvalue weighted by Crippen LogP contribution is 2.27. The first-order valence-electron chi connectivity index (χ1n) is 8.55. The van der Waals surface area contributed by atoms with Gasteiger partial charge >= 0.3 is 0 Å². The summed E-state index contributed by atoms with van der Waals surface area (Å²) in [6.45, 7) is 8.62. The van der Waals surface area contributed by atoms with Crippen LogP contribution in [0, 0.1) is 6.92 Å². The Labute approximate surface area is 148 Å². The number of fused-ring (bicyclic) bond motifs is 1. The number of furan rings is 1. The molecule has 0 aliphatic rings. The van der Waals surface area contributed by atoms with E-state index < -0.39 is 0 Å². The quantitative estimate of drug-likeness (QED) is 0.787. The number of nitrogens with one attached hydrogen (secondary N) is 1. The van der Waals surface area contributed by atoms with Crippen molar-refractivity contribution >= 4 is 16.9 Å². The predicted octanol–water partition coefficient (Wildman–Crippen LogP) is 3.74. The molecule has 3 heterocycles. The SMILES string of the molecule is Cc1oc(C(C)(C)C)cc1C(=O)NCCc1cn(C)c2ncccc12. The average molecular weight is 339 g/mol. The number of hydrogen-bond acceptors (Lipinski definition) is 3. The maximum atomic E-state index is 12.5. The Morgan fingerprint density at radius 1 is 1.36 bits per heavy atom. The van der Waals surface area contributed by atoms with E-state index in [1.54, 1.807) is 6.20 Å². The van der Waals surface area contributed by atoms with E-state index in [0.29, 0.717) is 17.9 Å². The third-order valence-corrected chi connectivity index (χ3v) is 4.40. The molecule has 0 bridgehead atoms. The summed E-state index contributed by atoms with van der Waals surface area (Å²) in [4.78, 5) is 16.9. The van der Waals surface area contributed by atoms with Crippen LogP contribution in [0.5, 0.6) is 0 Å². The summed E-state index contributed by atoms with van der Waals surface area (Å²) < 4.78 is 7.77. The van der Waals surface area contributed by atoms with Crippen molar-refractivity contribution in [2.45, 2.75) is 39.5 Å². The molecule has 5 nitrogen and oxygen atoms in total. The van der Waals surface area contributed by atoms with Gasteiger partial charge in [0.05, 0.1) is 5.56 Å². The second kappa shape index (κ2) is 6.39. The number of carbonyl (C=O) groups is 1. The molecule has 0 aliphatic heterocycles. The maximum Gasteiger partial charge on any atom is 0.254 e. The molecule has 0 saturated heterocycles. The summed E-state index contributed by atoms with van der Waals surface area (Å²) in [6.07, 6.45) is 4.63. The Morgan fingerprint density at radius 3 is 2.80 bits per heavy atom. The van der Waals surface area contributed by atoms with Gasteiger partial charge in [-0.15, -0.1) is 0 Å². The van der Waals surface area contributed by atoms with Crippen molar-refractivity contribution in [3.8, 4) is 0 Å². The standard InChI is InChI=1S/C20H25N3O2/c1-13-16(11-17(25-13)20(2,3)4)19(24)22-10-8-14-12-23(5)18-15(14)7-6-9-21-18/h6-7,9,11-12H,8,10H2,1-5H3,(H,22,24). The van der Waals surface area contributed by atoms with Crippen LogP contribution in [-0.4, -0.2) is 22.0 Å². The van der Waals surface area contributed by atoms with Gasteiger partial charge in [0, 0.05) is 36.8 Å². The highest BCUT2D eigenvalue weighted by molar-refractivity contribution is 5.95. The van der Waals surface area contributed by atoms with Crippen LogP contribution in [0.4, 0.5) is 0 Å². The van der Waals surface area contributed by atoms with Crippen LogP contribution in [0.3, 0.4) is 0 Å². The molecule has 1 amide bonds. The van der Waals surface area contributed by atoms with Gasteiger partial charge in [-0.2, -0.15) is 0 Å². The molecule has 5 heteroatoms. The predicted molar refractivity (Wildman–Crippen MR) is 98.9 cm³/mol. The number of rotatable bonds is 4. The minimum Gasteiger partial charge on any atom is -0.465 e. The largest absolute Gasteiger partial charge is 0.465 e. The summed E-state index contributed by atoms with van der Waals surface area (Å²) in [5.41, 5.74) is 2.65. The van der Waals surface area contributed by atoms with Gasteiger partial charge in [0.25, 0.3) is 5.91 Å². The van der Waals surface area contributed by atoms with Gasteiger partial charge in [-0.25, -0.2) is 4.98 Å². The molecule has 0 atom stereocenters. The van der Waals surface area contributed by atoms with Gasteiger partial charge in [0.1, 0.15) is 17.2 Å². The Kier molecular flexibility index (Phi) is 4.41. The molecule has 0 saturated carbocycles. The van der Waals surface area contributed by atoms with E-state index in [0.717, 1.165) is 23.2 Å². The smallest absolute Gasteiger partial charge is 0.254 e. The Bertz CT molecular complexity index is 913. The molecule has 0 radical (unpaired) electrons. The molecular formula is C20H25N3O2. The third-order valence-electron chi connectivity index (χ3n) is 4.40. The Balaban J connectivity index is 1.68. The summed E-state index contributed by atoms with van der Waals surface area (Å²) in [5, 5.41) is 4.13. The van der Waals surface area contributed by atoms with Gasteiger partial charge in [0.15, 0.2) is 0 Å². The molecule has 1 N–H and O–H groups in total. The molecule has 0 unspecified atom stereocenters. The monoisotopic (exact) mass is 339 g/mol. The van der Waals surface area contributed by atoms with Crippen LogP contribution in [0.25, 0.3) is 11.0 Å². The second-order valence-corrected chi connectivity index (χ2v) is 7.48. The zero-order valence-corrected chi connectivity index (χ0v) is 15.5. The molecule has 132 valence electrons. The number of hydrogen-bond donors (Lipinski definition) is 1. The van der Waals surface area contributed by atoms with Crippen molar-refractivity contribution in [3.63, 3.8) is 0 Å². The summed E-state index contributed by atoms with van der Waals surface area (Å²) in [7, 11) is 1.99. The number of amides is 1. The van der Waals surface area contributed by atoms with E-state index in [-0.39, 0.29) is 11.3 Å². The van der Waals surface area contributed by atoms with Crippen LogP contribution in [-0.2, 0) is 18.9 Å². The molecule has 0 spiro atoms. The molecular weight excluding hydrogens is 314 g/mol. The molecule has 3 aromatic heterocycles. The molecule has 0 fully saturated rings. The lowest BCUT2D eigenvalue weighted by Crippen LogP contribution is -2.25. The van der Waals surface area contributed by atoms with Crippen LogP contribution in [0.2, 0.25) is 0 Å². The van der Waals surface area contributed by atoms with Gasteiger partial charge in [-0.05, 0) is 37.1 Å². The first kappa shape index (κ1) is 17.3. The third kappa shape index (κ3) is 3.45. The van der Waals surface area contributed by atoms with Gasteiger partial charge < -0.3 is 14.3 Å². The topological polar surface area (TPSA) is 60.1 Å². The zero-order chi connectivity index (χ0) is 18.2. The maximum absolute atomic E-state index is 12.5. The van der Waals surface area contributed by atoms with Gasteiger partial charge in [-0.3, -0.25) is 4.79 Å². The van der Waals surface area contributed by atoms with Gasteiger partial charge in [-0.1, -0.05) is 20.8 Å². The van der Waals surface area contributed by atoms with Gasteiger partial charge in [0.2, 0.25) is 0 Å². The fourth-order valence-electron chi connectivity index (χ4n) is 2.98. The van der Waals surface area contributed by atoms with Crippen LogP contribution >= 0.6 is 0 Å². The van der Waals surface area contributed by atoms with E-state index >= 15 is 0 Å². The number of aromatic nitrogens is 2. The number of carbonyl (C=O) groups excluding carboxylic acids is 1. The van der Waals surface area contributed by atoms with E-state index in [1.807, 2.05) is 30.7 Å². The van der Waals surface area contributed by atoms with Crippen molar-refractivity contribution in [2.24, 2.45) is 7.05 Å². The highest BCUT2D eigenvalue weighted by atomic mass is 16.3. The first-order valence-corrected chi connectivity index (χ1v) is 8.55. The second-order valence-electron chi connectivity index (χ2n) is 7.48. The van der Waals surface area contributed by atoms with Crippen molar-refractivity contribution in [3.05, 3.63) is 53.2 Å². The van der Waals surface area contributed by atoms with Crippen molar-refractivity contribution in [1.82, 2.24) is 14.9 Å². The van der Waals surface area contributed by atoms with Crippen molar-refractivity contribution < 1.29 is 9.21 Å². The minimum atomic E-state index is -0.112. The lowest BCUT2D eigenvalue weighted by atomic mass is 9.93. The highest BCUT2D eigenvalue weighted by Gasteiger charge is 2.22. The van der Waals surface area contributed by atoms with Crippen LogP contribution in [0.15, 0.2) is 35.0 Å². The van der Waals surface area contributed by atoms with E-state index in [2.05, 4.69) is 43.3 Å². The Hall–Kier alpha value is -2.56. The molecule has 0 aromatic carbocycles. The summed E-state index contributed by atoms with van der Waals surface area (Å²) >= 11 is 0.